The molecule has 2 heterocycles. The van der Waals surface area contributed by atoms with Crippen LogP contribution < -0.4 is 0 Å². The molecule has 0 unspecified atom stereocenters. The number of thiophene rings is 1. The fourth-order valence-electron chi connectivity index (χ4n) is 1.53. The SMILES string of the molecule is Cc1sc(C)c2c1C[Se](=O)C2. The molecule has 0 N–H and O–H groups in total. The van der Waals surface area contributed by atoms with Crippen LogP contribution in [0.2, 0.25) is 0 Å². The van der Waals surface area contributed by atoms with Gasteiger partial charge in [-0.05, 0) is 0 Å². The van der Waals surface area contributed by atoms with Gasteiger partial charge in [0, 0.05) is 0 Å². The van der Waals surface area contributed by atoms with Crippen LogP contribution in [0.1, 0.15) is 20.9 Å². The summed E-state index contributed by atoms with van der Waals surface area (Å²) in [4.78, 5) is 2.78. The van der Waals surface area contributed by atoms with Gasteiger partial charge in [0.2, 0.25) is 0 Å². The van der Waals surface area contributed by atoms with Crippen molar-refractivity contribution in [3.63, 3.8) is 0 Å². The molecule has 1 aromatic heterocycles. The van der Waals surface area contributed by atoms with E-state index in [1.807, 2.05) is 11.3 Å². The Morgan fingerprint density at radius 3 is 2.09 bits per heavy atom. The van der Waals surface area contributed by atoms with Crippen molar-refractivity contribution < 1.29 is 3.83 Å². The minimum atomic E-state index is -1.46. The van der Waals surface area contributed by atoms with Gasteiger partial charge in [-0.15, -0.1) is 0 Å². The standard InChI is InChI=1S/C8H10OSSe/c1-5-7-3-11(9)4-8(7)6(2)10-5/h3-4H2,1-2H3. The van der Waals surface area contributed by atoms with Gasteiger partial charge in [-0.25, -0.2) is 0 Å². The topological polar surface area (TPSA) is 17.1 Å². The van der Waals surface area contributed by atoms with Crippen LogP contribution in [0.4, 0.5) is 0 Å². The minimum absolute atomic E-state index is 0.894. The summed E-state index contributed by atoms with van der Waals surface area (Å²) in [5.74, 6) is 0. The first-order chi connectivity index (χ1) is 5.18. The molecule has 0 bridgehead atoms. The Labute approximate surface area is 74.5 Å². The number of fused-ring (bicyclic) bond motifs is 1. The average Bonchev–Trinajstić information content (AvgIpc) is 2.38. The van der Waals surface area contributed by atoms with Crippen LogP contribution in [0.25, 0.3) is 0 Å². The Kier molecular flexibility index (Phi) is 1.75. The molecule has 60 valence electrons. The Balaban J connectivity index is 2.59. The van der Waals surface area contributed by atoms with E-state index in [9.17, 15) is 3.83 Å². The first kappa shape index (κ1) is 7.66. The molecule has 0 atom stereocenters. The molecule has 0 saturated heterocycles. The van der Waals surface area contributed by atoms with Gasteiger partial charge < -0.3 is 0 Å². The molecule has 0 radical (unpaired) electrons. The van der Waals surface area contributed by atoms with E-state index in [0.29, 0.717) is 0 Å². The molecule has 1 aliphatic heterocycles. The average molecular weight is 233 g/mol. The first-order valence-corrected chi connectivity index (χ1v) is 7.55. The van der Waals surface area contributed by atoms with Crippen LogP contribution >= 0.6 is 11.3 Å². The van der Waals surface area contributed by atoms with Gasteiger partial charge in [0.1, 0.15) is 0 Å². The number of hydrogen-bond donors (Lipinski definition) is 0. The molecule has 0 spiro atoms. The molecule has 3 heteroatoms. The third kappa shape index (κ3) is 1.12. The summed E-state index contributed by atoms with van der Waals surface area (Å²) < 4.78 is 11.3. The molecule has 1 aromatic rings. The van der Waals surface area contributed by atoms with Crippen molar-refractivity contribution in [2.75, 3.05) is 0 Å². The van der Waals surface area contributed by atoms with Gasteiger partial charge in [-0.1, -0.05) is 0 Å². The van der Waals surface area contributed by atoms with Crippen LogP contribution in [0.15, 0.2) is 0 Å². The van der Waals surface area contributed by atoms with E-state index in [1.165, 1.54) is 20.9 Å². The van der Waals surface area contributed by atoms with Gasteiger partial charge in [0.25, 0.3) is 0 Å². The molecule has 0 fully saturated rings. The Hall–Kier alpha value is 0.0195. The molecular formula is C8H10OSSe. The molecule has 1 nitrogen and oxygen atoms in total. The van der Waals surface area contributed by atoms with Gasteiger partial charge in [-0.2, -0.15) is 0 Å². The molecule has 11 heavy (non-hydrogen) atoms. The van der Waals surface area contributed by atoms with E-state index in [2.05, 4.69) is 13.8 Å². The van der Waals surface area contributed by atoms with Crippen molar-refractivity contribution in [1.29, 1.82) is 0 Å². The third-order valence-electron chi connectivity index (χ3n) is 2.13. The summed E-state index contributed by atoms with van der Waals surface area (Å²) in [7, 11) is 0. The van der Waals surface area contributed by atoms with Crippen molar-refractivity contribution in [3.05, 3.63) is 20.9 Å². The van der Waals surface area contributed by atoms with Crippen molar-refractivity contribution >= 4 is 25.2 Å². The maximum atomic E-state index is 11.3. The van der Waals surface area contributed by atoms with E-state index in [1.54, 1.807) is 0 Å². The molecule has 0 amide bonds. The Morgan fingerprint density at radius 1 is 1.18 bits per heavy atom. The Morgan fingerprint density at radius 2 is 1.64 bits per heavy atom. The van der Waals surface area contributed by atoms with Crippen molar-refractivity contribution in [1.82, 2.24) is 0 Å². The van der Waals surface area contributed by atoms with Crippen LogP contribution in [-0.4, -0.2) is 13.8 Å². The predicted octanol–water partition coefficient (Wildman–Crippen LogP) is 1.96. The Bertz CT molecular complexity index is 299. The van der Waals surface area contributed by atoms with Crippen molar-refractivity contribution in [3.8, 4) is 0 Å². The van der Waals surface area contributed by atoms with Gasteiger partial charge in [0.05, 0.1) is 0 Å². The second-order valence-corrected chi connectivity index (χ2v) is 7.39. The molecular weight excluding hydrogens is 223 g/mol. The summed E-state index contributed by atoms with van der Waals surface area (Å²) in [5, 5.41) is 1.79. The van der Waals surface area contributed by atoms with Crippen LogP contribution in [0.3, 0.4) is 0 Å². The second-order valence-electron chi connectivity index (χ2n) is 2.90. The number of hydrogen-bond acceptors (Lipinski definition) is 2. The summed E-state index contributed by atoms with van der Waals surface area (Å²) >= 11 is 0.390. The van der Waals surface area contributed by atoms with E-state index < -0.39 is 13.8 Å². The summed E-state index contributed by atoms with van der Waals surface area (Å²) in [6, 6.07) is 0. The van der Waals surface area contributed by atoms with E-state index >= 15 is 0 Å². The van der Waals surface area contributed by atoms with Gasteiger partial charge in [-0.3, -0.25) is 0 Å². The van der Waals surface area contributed by atoms with Crippen LogP contribution in [0.5, 0.6) is 0 Å². The predicted molar refractivity (Wildman–Crippen MR) is 47.6 cm³/mol. The zero-order valence-electron chi connectivity index (χ0n) is 6.64. The summed E-state index contributed by atoms with van der Waals surface area (Å²) in [6.45, 7) is 4.28. The monoisotopic (exact) mass is 234 g/mol. The molecule has 0 aliphatic carbocycles. The van der Waals surface area contributed by atoms with Crippen LogP contribution in [-0.2, 0) is 14.5 Å². The van der Waals surface area contributed by atoms with Crippen molar-refractivity contribution in [2.45, 2.75) is 24.5 Å². The van der Waals surface area contributed by atoms with Gasteiger partial charge in [0.15, 0.2) is 0 Å². The number of aryl methyl sites for hydroxylation is 2. The second kappa shape index (κ2) is 2.51. The van der Waals surface area contributed by atoms with E-state index in [0.717, 1.165) is 10.6 Å². The third-order valence-corrected chi connectivity index (χ3v) is 5.80. The molecule has 0 saturated carbocycles. The normalized spacial score (nSPS) is 17.3. The van der Waals surface area contributed by atoms with Crippen LogP contribution in [0, 0.1) is 13.8 Å². The number of rotatable bonds is 0. The molecule has 0 aromatic carbocycles. The fourth-order valence-corrected chi connectivity index (χ4v) is 6.24. The fraction of sp³-hybridized carbons (Fsp3) is 0.500. The van der Waals surface area contributed by atoms with Gasteiger partial charge >= 0.3 is 74.4 Å². The summed E-state index contributed by atoms with van der Waals surface area (Å²) in [5.41, 5.74) is 2.82. The zero-order chi connectivity index (χ0) is 8.01. The summed E-state index contributed by atoms with van der Waals surface area (Å²) in [6.07, 6.45) is 0. The van der Waals surface area contributed by atoms with Crippen molar-refractivity contribution in [2.24, 2.45) is 0 Å². The maximum absolute atomic E-state index is 11.3. The first-order valence-electron chi connectivity index (χ1n) is 3.61. The molecule has 2 rings (SSSR count). The van der Waals surface area contributed by atoms with E-state index in [4.69, 9.17) is 0 Å². The molecule has 1 aliphatic rings. The quantitative estimate of drug-likeness (QED) is 0.626. The van der Waals surface area contributed by atoms with E-state index in [-0.39, 0.29) is 0 Å². The zero-order valence-corrected chi connectivity index (χ0v) is 9.17.